The van der Waals surface area contributed by atoms with E-state index in [0.29, 0.717) is 25.0 Å². The lowest BCUT2D eigenvalue weighted by atomic mass is 10.0. The van der Waals surface area contributed by atoms with Crippen LogP contribution in [0.1, 0.15) is 37.3 Å². The first-order valence-corrected chi connectivity index (χ1v) is 7.51. The second-order valence-corrected chi connectivity index (χ2v) is 5.51. The molecular formula is C16H21NO4. The predicted molar refractivity (Wildman–Crippen MR) is 77.6 cm³/mol. The van der Waals surface area contributed by atoms with Crippen molar-refractivity contribution in [3.63, 3.8) is 0 Å². The van der Waals surface area contributed by atoms with Gasteiger partial charge in [-0.2, -0.15) is 0 Å². The molecule has 0 amide bonds. The third-order valence-corrected chi connectivity index (χ3v) is 4.09. The monoisotopic (exact) mass is 291 g/mol. The van der Waals surface area contributed by atoms with Crippen LogP contribution in [0.25, 0.3) is 0 Å². The summed E-state index contributed by atoms with van der Waals surface area (Å²) in [7, 11) is 1.42. The molecule has 3 rings (SSSR count). The maximum absolute atomic E-state index is 12.1. The van der Waals surface area contributed by atoms with Crippen LogP contribution in [0.4, 0.5) is 0 Å². The molecule has 114 valence electrons. The molecule has 1 fully saturated rings. The van der Waals surface area contributed by atoms with Crippen molar-refractivity contribution in [3.05, 3.63) is 23.8 Å². The minimum absolute atomic E-state index is 0.265. The van der Waals surface area contributed by atoms with E-state index >= 15 is 0 Å². The number of fused-ring (bicyclic) bond motifs is 1. The summed E-state index contributed by atoms with van der Waals surface area (Å²) in [5.74, 6) is 1.16. The van der Waals surface area contributed by atoms with Crippen molar-refractivity contribution in [2.45, 2.75) is 37.8 Å². The summed E-state index contributed by atoms with van der Waals surface area (Å²) < 4.78 is 16.1. The SMILES string of the molecule is COC(=O)C(NC1CCCC1)c1ccc2c(c1)OCCO2. The Bertz CT molecular complexity index is 511. The van der Waals surface area contributed by atoms with Gasteiger partial charge in [-0.3, -0.25) is 5.32 Å². The van der Waals surface area contributed by atoms with E-state index in [1.807, 2.05) is 18.2 Å². The third kappa shape index (κ3) is 3.13. The van der Waals surface area contributed by atoms with Gasteiger partial charge >= 0.3 is 5.97 Å². The van der Waals surface area contributed by atoms with Gasteiger partial charge in [0.05, 0.1) is 7.11 Å². The van der Waals surface area contributed by atoms with E-state index in [1.165, 1.54) is 20.0 Å². The van der Waals surface area contributed by atoms with Crippen molar-refractivity contribution in [1.29, 1.82) is 0 Å². The Labute approximate surface area is 124 Å². The molecule has 2 aliphatic rings. The molecule has 5 heteroatoms. The number of methoxy groups -OCH3 is 1. The zero-order valence-corrected chi connectivity index (χ0v) is 12.3. The Hall–Kier alpha value is -1.75. The summed E-state index contributed by atoms with van der Waals surface area (Å²) in [5.41, 5.74) is 0.859. The number of carbonyl (C=O) groups is 1. The molecule has 0 bridgehead atoms. The van der Waals surface area contributed by atoms with Crippen LogP contribution in [-0.2, 0) is 9.53 Å². The molecule has 1 heterocycles. The van der Waals surface area contributed by atoms with E-state index in [9.17, 15) is 4.79 Å². The fourth-order valence-electron chi connectivity index (χ4n) is 2.99. The number of hydrogen-bond donors (Lipinski definition) is 1. The van der Waals surface area contributed by atoms with E-state index in [2.05, 4.69) is 5.32 Å². The molecule has 1 saturated carbocycles. The largest absolute Gasteiger partial charge is 0.486 e. The number of nitrogens with one attached hydrogen (secondary N) is 1. The van der Waals surface area contributed by atoms with Crippen LogP contribution in [-0.4, -0.2) is 32.3 Å². The lowest BCUT2D eigenvalue weighted by Crippen LogP contribution is -2.36. The van der Waals surface area contributed by atoms with Crippen LogP contribution in [0.3, 0.4) is 0 Å². The van der Waals surface area contributed by atoms with E-state index in [4.69, 9.17) is 14.2 Å². The second-order valence-electron chi connectivity index (χ2n) is 5.51. The highest BCUT2D eigenvalue weighted by Gasteiger charge is 2.27. The molecule has 0 aromatic heterocycles. The van der Waals surface area contributed by atoms with Crippen molar-refractivity contribution in [3.8, 4) is 11.5 Å². The number of ether oxygens (including phenoxy) is 3. The zero-order chi connectivity index (χ0) is 14.7. The summed E-state index contributed by atoms with van der Waals surface area (Å²) in [6.45, 7) is 1.10. The van der Waals surface area contributed by atoms with Crippen LogP contribution in [0.5, 0.6) is 11.5 Å². The van der Waals surface area contributed by atoms with Gasteiger partial charge in [0.15, 0.2) is 11.5 Å². The first kappa shape index (κ1) is 14.2. The zero-order valence-electron chi connectivity index (χ0n) is 12.3. The van der Waals surface area contributed by atoms with Gasteiger partial charge in [0.2, 0.25) is 0 Å². The third-order valence-electron chi connectivity index (χ3n) is 4.09. The standard InChI is InChI=1S/C16H21NO4/c1-19-16(18)15(17-12-4-2-3-5-12)11-6-7-13-14(10-11)21-9-8-20-13/h6-7,10,12,15,17H,2-5,8-9H2,1H3. The first-order chi connectivity index (χ1) is 10.3. The molecule has 1 aliphatic carbocycles. The van der Waals surface area contributed by atoms with E-state index in [1.54, 1.807) is 0 Å². The number of hydrogen-bond acceptors (Lipinski definition) is 5. The second kappa shape index (κ2) is 6.35. The average Bonchev–Trinajstić information content (AvgIpc) is 3.04. The van der Waals surface area contributed by atoms with Crippen LogP contribution in [0, 0.1) is 0 Å². The highest BCUT2D eigenvalue weighted by molar-refractivity contribution is 5.78. The quantitative estimate of drug-likeness (QED) is 0.862. The van der Waals surface area contributed by atoms with Gasteiger partial charge in [-0.15, -0.1) is 0 Å². The molecule has 0 saturated heterocycles. The minimum atomic E-state index is -0.450. The van der Waals surface area contributed by atoms with Crippen molar-refractivity contribution < 1.29 is 19.0 Å². The van der Waals surface area contributed by atoms with Gasteiger partial charge < -0.3 is 14.2 Å². The van der Waals surface area contributed by atoms with Crippen LogP contribution in [0.2, 0.25) is 0 Å². The van der Waals surface area contributed by atoms with Crippen LogP contribution in [0.15, 0.2) is 18.2 Å². The van der Waals surface area contributed by atoms with Gasteiger partial charge in [0.25, 0.3) is 0 Å². The lowest BCUT2D eigenvalue weighted by molar-refractivity contribution is -0.143. The summed E-state index contributed by atoms with van der Waals surface area (Å²) >= 11 is 0. The van der Waals surface area contributed by atoms with Gasteiger partial charge in [-0.05, 0) is 30.5 Å². The number of carbonyl (C=O) groups excluding carboxylic acids is 1. The van der Waals surface area contributed by atoms with Gasteiger partial charge in [0, 0.05) is 6.04 Å². The van der Waals surface area contributed by atoms with Crippen molar-refractivity contribution in [2.75, 3.05) is 20.3 Å². The van der Waals surface area contributed by atoms with E-state index in [0.717, 1.165) is 24.2 Å². The molecule has 1 atom stereocenters. The van der Waals surface area contributed by atoms with Crippen LogP contribution < -0.4 is 14.8 Å². The normalized spacial score (nSPS) is 19.3. The minimum Gasteiger partial charge on any atom is -0.486 e. The smallest absolute Gasteiger partial charge is 0.327 e. The van der Waals surface area contributed by atoms with E-state index in [-0.39, 0.29) is 5.97 Å². The Morgan fingerprint density at radius 3 is 2.67 bits per heavy atom. The Morgan fingerprint density at radius 1 is 1.24 bits per heavy atom. The van der Waals surface area contributed by atoms with Gasteiger partial charge in [-0.25, -0.2) is 4.79 Å². The molecular weight excluding hydrogens is 270 g/mol. The summed E-state index contributed by atoms with van der Waals surface area (Å²) in [6.07, 6.45) is 4.65. The fraction of sp³-hybridized carbons (Fsp3) is 0.562. The molecule has 1 aromatic rings. The van der Waals surface area contributed by atoms with Crippen molar-refractivity contribution in [1.82, 2.24) is 5.32 Å². The number of esters is 1. The molecule has 1 unspecified atom stereocenters. The average molecular weight is 291 g/mol. The highest BCUT2D eigenvalue weighted by Crippen LogP contribution is 2.33. The molecule has 0 spiro atoms. The molecule has 1 N–H and O–H groups in total. The summed E-state index contributed by atoms with van der Waals surface area (Å²) in [5, 5.41) is 3.42. The molecule has 1 aliphatic heterocycles. The maximum Gasteiger partial charge on any atom is 0.327 e. The van der Waals surface area contributed by atoms with Crippen LogP contribution >= 0.6 is 0 Å². The fourth-order valence-corrected chi connectivity index (χ4v) is 2.99. The summed E-state index contributed by atoms with van der Waals surface area (Å²) in [4.78, 5) is 12.1. The molecule has 0 radical (unpaired) electrons. The van der Waals surface area contributed by atoms with Crippen molar-refractivity contribution in [2.24, 2.45) is 0 Å². The molecule has 1 aromatic carbocycles. The van der Waals surface area contributed by atoms with Gasteiger partial charge in [-0.1, -0.05) is 18.9 Å². The maximum atomic E-state index is 12.1. The lowest BCUT2D eigenvalue weighted by Gasteiger charge is -2.24. The Balaban J connectivity index is 1.82. The van der Waals surface area contributed by atoms with Crippen molar-refractivity contribution >= 4 is 5.97 Å². The Kier molecular flexibility index (Phi) is 4.29. The number of benzene rings is 1. The molecule has 5 nitrogen and oxygen atoms in total. The first-order valence-electron chi connectivity index (χ1n) is 7.51. The summed E-state index contributed by atoms with van der Waals surface area (Å²) in [6, 6.07) is 5.56. The van der Waals surface area contributed by atoms with E-state index < -0.39 is 6.04 Å². The predicted octanol–water partition coefficient (Wildman–Crippen LogP) is 2.20. The number of rotatable bonds is 4. The Morgan fingerprint density at radius 2 is 1.95 bits per heavy atom. The van der Waals surface area contributed by atoms with Gasteiger partial charge in [0.1, 0.15) is 19.3 Å². The molecule has 21 heavy (non-hydrogen) atoms. The topological polar surface area (TPSA) is 56.8 Å². The highest BCUT2D eigenvalue weighted by atomic mass is 16.6.